The van der Waals surface area contributed by atoms with E-state index in [1.54, 1.807) is 13.0 Å². The van der Waals surface area contributed by atoms with Gasteiger partial charge < -0.3 is 10.1 Å². The summed E-state index contributed by atoms with van der Waals surface area (Å²) in [5.74, 6) is 0.509. The van der Waals surface area contributed by atoms with Crippen LogP contribution in [0.25, 0.3) is 0 Å². The molecule has 0 aliphatic carbocycles. The Morgan fingerprint density at radius 2 is 2.35 bits per heavy atom. The Labute approximate surface area is 110 Å². The first kappa shape index (κ1) is 13.8. The summed E-state index contributed by atoms with van der Waals surface area (Å²) in [6.07, 6.45) is 1.10. The van der Waals surface area contributed by atoms with Crippen molar-refractivity contribution in [3.63, 3.8) is 0 Å². The van der Waals surface area contributed by atoms with Gasteiger partial charge in [0.05, 0.1) is 4.47 Å². The quantitative estimate of drug-likeness (QED) is 0.849. The van der Waals surface area contributed by atoms with Crippen molar-refractivity contribution in [2.24, 2.45) is 0 Å². The van der Waals surface area contributed by atoms with E-state index >= 15 is 0 Å². The molecule has 0 heterocycles. The van der Waals surface area contributed by atoms with Crippen LogP contribution in [0.5, 0.6) is 5.75 Å². The minimum atomic E-state index is -0.533. The average molecular weight is 298 g/mol. The number of hydrogen-bond donors (Lipinski definition) is 1. The highest BCUT2D eigenvalue weighted by Crippen LogP contribution is 2.26. The van der Waals surface area contributed by atoms with Crippen LogP contribution in [0, 0.1) is 6.92 Å². The molecule has 1 amide bonds. The number of rotatable bonds is 5. The summed E-state index contributed by atoms with van der Waals surface area (Å²) in [6.45, 7) is 7.69. The first-order chi connectivity index (χ1) is 8.04. The zero-order chi connectivity index (χ0) is 12.8. The van der Waals surface area contributed by atoms with Crippen LogP contribution in [0.2, 0.25) is 0 Å². The highest BCUT2D eigenvalue weighted by atomic mass is 79.9. The van der Waals surface area contributed by atoms with Gasteiger partial charge in [0.25, 0.3) is 5.91 Å². The number of carbonyl (C=O) groups excluding carboxylic acids is 1. The van der Waals surface area contributed by atoms with Crippen LogP contribution in [-0.4, -0.2) is 18.6 Å². The van der Waals surface area contributed by atoms with Crippen LogP contribution in [0.1, 0.15) is 12.5 Å². The molecule has 1 unspecified atom stereocenters. The lowest BCUT2D eigenvalue weighted by Gasteiger charge is -2.15. The van der Waals surface area contributed by atoms with E-state index in [0.717, 1.165) is 10.0 Å². The van der Waals surface area contributed by atoms with Crippen molar-refractivity contribution in [3.8, 4) is 5.75 Å². The van der Waals surface area contributed by atoms with Crippen LogP contribution in [-0.2, 0) is 4.79 Å². The Morgan fingerprint density at radius 1 is 1.65 bits per heavy atom. The fourth-order valence-corrected chi connectivity index (χ4v) is 1.85. The molecule has 0 bridgehead atoms. The van der Waals surface area contributed by atoms with E-state index in [4.69, 9.17) is 4.74 Å². The van der Waals surface area contributed by atoms with Gasteiger partial charge in [-0.2, -0.15) is 0 Å². The Kier molecular flexibility index (Phi) is 5.22. The molecule has 1 rings (SSSR count). The Morgan fingerprint density at radius 3 is 2.94 bits per heavy atom. The molecule has 0 aromatic heterocycles. The predicted molar refractivity (Wildman–Crippen MR) is 72.2 cm³/mol. The second-order valence-corrected chi connectivity index (χ2v) is 4.58. The number of amides is 1. The Balaban J connectivity index is 2.64. The summed E-state index contributed by atoms with van der Waals surface area (Å²) in [4.78, 5) is 11.6. The molecule has 0 aliphatic heterocycles. The molecule has 0 aliphatic rings. The van der Waals surface area contributed by atoms with Gasteiger partial charge in [-0.1, -0.05) is 12.1 Å². The fourth-order valence-electron chi connectivity index (χ4n) is 1.26. The zero-order valence-electron chi connectivity index (χ0n) is 10.00. The third-order valence-corrected chi connectivity index (χ3v) is 2.80. The molecule has 92 valence electrons. The molecule has 1 aromatic carbocycles. The topological polar surface area (TPSA) is 38.3 Å². The molecule has 0 saturated carbocycles. The number of hydrogen-bond acceptors (Lipinski definition) is 2. The van der Waals surface area contributed by atoms with Crippen molar-refractivity contribution in [2.45, 2.75) is 20.0 Å². The van der Waals surface area contributed by atoms with Crippen LogP contribution in [0.4, 0.5) is 0 Å². The normalized spacial score (nSPS) is 11.7. The fraction of sp³-hybridized carbons (Fsp3) is 0.308. The van der Waals surface area contributed by atoms with Crippen molar-refractivity contribution < 1.29 is 9.53 Å². The van der Waals surface area contributed by atoms with Gasteiger partial charge in [-0.3, -0.25) is 4.79 Å². The van der Waals surface area contributed by atoms with Gasteiger partial charge >= 0.3 is 0 Å². The first-order valence-corrected chi connectivity index (χ1v) is 6.15. The Hall–Kier alpha value is -1.29. The molecule has 0 spiro atoms. The van der Waals surface area contributed by atoms with E-state index in [1.807, 2.05) is 25.1 Å². The van der Waals surface area contributed by atoms with Crippen molar-refractivity contribution >= 4 is 21.8 Å². The maximum Gasteiger partial charge on any atom is 0.261 e. The third kappa shape index (κ3) is 4.23. The molecule has 0 saturated heterocycles. The monoisotopic (exact) mass is 297 g/mol. The molecule has 1 atom stereocenters. The van der Waals surface area contributed by atoms with E-state index in [9.17, 15) is 4.79 Å². The summed E-state index contributed by atoms with van der Waals surface area (Å²) in [5, 5.41) is 2.69. The maximum atomic E-state index is 11.6. The summed E-state index contributed by atoms with van der Waals surface area (Å²) in [7, 11) is 0. The predicted octanol–water partition coefficient (Wildman–Crippen LogP) is 2.83. The van der Waals surface area contributed by atoms with Crippen molar-refractivity contribution in [3.05, 3.63) is 40.9 Å². The molecule has 4 heteroatoms. The number of ether oxygens (including phenoxy) is 1. The number of carbonyl (C=O) groups is 1. The van der Waals surface area contributed by atoms with Crippen molar-refractivity contribution in [1.29, 1.82) is 0 Å². The standard InChI is InChI=1S/C13H16BrNO2/c1-4-7-15-13(16)10(3)17-12-6-5-9(2)8-11(12)14/h4-6,8,10H,1,7H2,2-3H3,(H,15,16). The molecule has 1 aromatic rings. The van der Waals surface area contributed by atoms with Crippen LogP contribution in [0.3, 0.4) is 0 Å². The summed E-state index contributed by atoms with van der Waals surface area (Å²) in [5.41, 5.74) is 1.13. The molecule has 1 N–H and O–H groups in total. The number of halogens is 1. The van der Waals surface area contributed by atoms with Crippen LogP contribution < -0.4 is 10.1 Å². The molecule has 0 fully saturated rings. The van der Waals surface area contributed by atoms with Gasteiger partial charge in [-0.15, -0.1) is 6.58 Å². The van der Waals surface area contributed by atoms with E-state index < -0.39 is 6.10 Å². The summed E-state index contributed by atoms with van der Waals surface area (Å²) < 4.78 is 6.41. The lowest BCUT2D eigenvalue weighted by Crippen LogP contribution is -2.36. The average Bonchev–Trinajstić information content (AvgIpc) is 2.29. The minimum absolute atomic E-state index is 0.155. The highest BCUT2D eigenvalue weighted by Gasteiger charge is 2.14. The van der Waals surface area contributed by atoms with Gasteiger partial charge in [0, 0.05) is 6.54 Å². The van der Waals surface area contributed by atoms with Gasteiger partial charge in [0.2, 0.25) is 0 Å². The van der Waals surface area contributed by atoms with E-state index in [-0.39, 0.29) is 5.91 Å². The molecular weight excluding hydrogens is 282 g/mol. The zero-order valence-corrected chi connectivity index (χ0v) is 11.6. The van der Waals surface area contributed by atoms with E-state index in [1.165, 1.54) is 0 Å². The Bertz CT molecular complexity index is 418. The lowest BCUT2D eigenvalue weighted by atomic mass is 10.2. The van der Waals surface area contributed by atoms with E-state index in [2.05, 4.69) is 27.8 Å². The molecule has 3 nitrogen and oxygen atoms in total. The SMILES string of the molecule is C=CCNC(=O)C(C)Oc1ccc(C)cc1Br. The van der Waals surface area contributed by atoms with Crippen molar-refractivity contribution in [1.82, 2.24) is 5.32 Å². The smallest absolute Gasteiger partial charge is 0.261 e. The third-order valence-electron chi connectivity index (χ3n) is 2.18. The number of benzene rings is 1. The largest absolute Gasteiger partial charge is 0.480 e. The maximum absolute atomic E-state index is 11.6. The number of aryl methyl sites for hydroxylation is 1. The minimum Gasteiger partial charge on any atom is -0.480 e. The lowest BCUT2D eigenvalue weighted by molar-refractivity contribution is -0.127. The van der Waals surface area contributed by atoms with Crippen LogP contribution in [0.15, 0.2) is 35.3 Å². The summed E-state index contributed by atoms with van der Waals surface area (Å²) in [6, 6.07) is 5.73. The molecular formula is C13H16BrNO2. The molecule has 17 heavy (non-hydrogen) atoms. The summed E-state index contributed by atoms with van der Waals surface area (Å²) >= 11 is 3.40. The van der Waals surface area contributed by atoms with Gasteiger partial charge in [-0.05, 0) is 47.5 Å². The van der Waals surface area contributed by atoms with E-state index in [0.29, 0.717) is 12.3 Å². The second kappa shape index (κ2) is 6.45. The van der Waals surface area contributed by atoms with Gasteiger partial charge in [0.1, 0.15) is 5.75 Å². The second-order valence-electron chi connectivity index (χ2n) is 3.73. The van der Waals surface area contributed by atoms with Gasteiger partial charge in [-0.25, -0.2) is 0 Å². The first-order valence-electron chi connectivity index (χ1n) is 5.36. The number of nitrogens with one attached hydrogen (secondary N) is 1. The van der Waals surface area contributed by atoms with Crippen molar-refractivity contribution in [2.75, 3.05) is 6.54 Å². The van der Waals surface area contributed by atoms with Crippen LogP contribution >= 0.6 is 15.9 Å². The van der Waals surface area contributed by atoms with Gasteiger partial charge in [0.15, 0.2) is 6.10 Å². The molecule has 0 radical (unpaired) electrons. The highest BCUT2D eigenvalue weighted by molar-refractivity contribution is 9.10.